The Hall–Kier alpha value is -1.58. The number of hydrogen-bond acceptors (Lipinski definition) is 3. The number of ether oxygens (including phenoxy) is 1. The van der Waals surface area contributed by atoms with E-state index in [0.717, 1.165) is 0 Å². The van der Waals surface area contributed by atoms with E-state index in [1.807, 2.05) is 0 Å². The molecule has 0 aliphatic heterocycles. The third-order valence-corrected chi connectivity index (χ3v) is 3.05. The molecule has 0 aliphatic carbocycles. The number of benzene rings is 1. The van der Waals surface area contributed by atoms with Crippen LogP contribution in [0.3, 0.4) is 0 Å². The Bertz CT molecular complexity index is 600. The molecule has 1 aromatic heterocycles. The third-order valence-electron chi connectivity index (χ3n) is 2.48. The number of nitrogens with zero attached hydrogens (tertiary/aromatic N) is 1. The molecule has 0 spiro atoms. The molecule has 0 amide bonds. The molecule has 0 aliphatic rings. The van der Waals surface area contributed by atoms with Gasteiger partial charge in [-0.25, -0.2) is 4.98 Å². The van der Waals surface area contributed by atoms with Crippen molar-refractivity contribution in [2.45, 2.75) is 0 Å². The number of carbonyl (C=O) groups excluding carboxylic acids is 1. The highest BCUT2D eigenvalue weighted by Gasteiger charge is 2.14. The van der Waals surface area contributed by atoms with Gasteiger partial charge in [0.05, 0.1) is 12.7 Å². The second-order valence-corrected chi connectivity index (χ2v) is 4.37. The van der Waals surface area contributed by atoms with Crippen LogP contribution in [-0.2, 0) is 0 Å². The standard InChI is InChI=1S/C13H9Cl2NO2/c1-18-13-11(7-17)9(4-5-16-13)10-6-8(14)2-3-12(10)15/h2-7H,1H3. The predicted octanol–water partition coefficient (Wildman–Crippen LogP) is 3.88. The van der Waals surface area contributed by atoms with Crippen molar-refractivity contribution in [1.82, 2.24) is 4.98 Å². The molecular weight excluding hydrogens is 273 g/mol. The normalized spacial score (nSPS) is 10.2. The summed E-state index contributed by atoms with van der Waals surface area (Å²) in [5, 5.41) is 1.05. The molecule has 18 heavy (non-hydrogen) atoms. The van der Waals surface area contributed by atoms with Crippen molar-refractivity contribution >= 4 is 29.5 Å². The summed E-state index contributed by atoms with van der Waals surface area (Å²) in [6.07, 6.45) is 2.25. The van der Waals surface area contributed by atoms with Gasteiger partial charge in [-0.15, -0.1) is 0 Å². The topological polar surface area (TPSA) is 39.2 Å². The van der Waals surface area contributed by atoms with Crippen LogP contribution in [0.2, 0.25) is 10.0 Å². The van der Waals surface area contributed by atoms with Crippen molar-refractivity contribution in [1.29, 1.82) is 0 Å². The Kier molecular flexibility index (Phi) is 3.84. The van der Waals surface area contributed by atoms with Crippen molar-refractivity contribution in [3.05, 3.63) is 46.1 Å². The Balaban J connectivity index is 2.70. The van der Waals surface area contributed by atoms with Crippen molar-refractivity contribution in [2.75, 3.05) is 7.11 Å². The van der Waals surface area contributed by atoms with Gasteiger partial charge in [0.15, 0.2) is 6.29 Å². The van der Waals surface area contributed by atoms with Gasteiger partial charge in [-0.3, -0.25) is 4.79 Å². The number of rotatable bonds is 3. The zero-order valence-corrected chi connectivity index (χ0v) is 11.0. The van der Waals surface area contributed by atoms with Gasteiger partial charge in [-0.2, -0.15) is 0 Å². The minimum absolute atomic E-state index is 0.263. The van der Waals surface area contributed by atoms with Crippen LogP contribution in [0.1, 0.15) is 10.4 Å². The Morgan fingerprint density at radius 2 is 2.00 bits per heavy atom. The molecular formula is C13H9Cl2NO2. The smallest absolute Gasteiger partial charge is 0.224 e. The summed E-state index contributed by atoms with van der Waals surface area (Å²) in [4.78, 5) is 15.2. The minimum atomic E-state index is 0.263. The number of pyridine rings is 1. The largest absolute Gasteiger partial charge is 0.480 e. The fourth-order valence-electron chi connectivity index (χ4n) is 1.67. The van der Waals surface area contributed by atoms with Gasteiger partial charge in [0.25, 0.3) is 0 Å². The maximum absolute atomic E-state index is 11.2. The minimum Gasteiger partial charge on any atom is -0.480 e. The first-order valence-electron chi connectivity index (χ1n) is 5.11. The lowest BCUT2D eigenvalue weighted by atomic mass is 10.0. The second kappa shape index (κ2) is 5.38. The highest BCUT2D eigenvalue weighted by Crippen LogP contribution is 2.34. The molecule has 0 saturated carbocycles. The van der Waals surface area contributed by atoms with E-state index >= 15 is 0 Å². The average molecular weight is 282 g/mol. The summed E-state index contributed by atoms with van der Waals surface area (Å²) in [5.74, 6) is 0.263. The monoisotopic (exact) mass is 281 g/mol. The first-order valence-corrected chi connectivity index (χ1v) is 5.86. The van der Waals surface area contributed by atoms with E-state index in [0.29, 0.717) is 33.0 Å². The average Bonchev–Trinajstić information content (AvgIpc) is 2.40. The maximum atomic E-state index is 11.2. The molecule has 2 rings (SSSR count). The van der Waals surface area contributed by atoms with Crippen LogP contribution < -0.4 is 4.74 Å². The summed E-state index contributed by atoms with van der Waals surface area (Å²) in [7, 11) is 1.46. The lowest BCUT2D eigenvalue weighted by molar-refractivity contribution is 0.112. The van der Waals surface area contributed by atoms with Gasteiger partial charge < -0.3 is 4.74 Å². The van der Waals surface area contributed by atoms with E-state index in [4.69, 9.17) is 27.9 Å². The molecule has 0 unspecified atom stereocenters. The van der Waals surface area contributed by atoms with Gasteiger partial charge in [0, 0.05) is 27.4 Å². The summed E-state index contributed by atoms with van der Waals surface area (Å²) in [6.45, 7) is 0. The maximum Gasteiger partial charge on any atom is 0.224 e. The number of hydrogen-bond donors (Lipinski definition) is 0. The molecule has 0 atom stereocenters. The Morgan fingerprint density at radius 3 is 2.67 bits per heavy atom. The highest BCUT2D eigenvalue weighted by atomic mass is 35.5. The zero-order chi connectivity index (χ0) is 13.1. The lowest BCUT2D eigenvalue weighted by Crippen LogP contribution is -1.97. The summed E-state index contributed by atoms with van der Waals surface area (Å²) >= 11 is 12.1. The number of carbonyl (C=O) groups is 1. The second-order valence-electron chi connectivity index (χ2n) is 3.52. The lowest BCUT2D eigenvalue weighted by Gasteiger charge is -2.10. The number of methoxy groups -OCH3 is 1. The summed E-state index contributed by atoms with van der Waals surface area (Å²) in [5.41, 5.74) is 1.67. The summed E-state index contributed by atoms with van der Waals surface area (Å²) < 4.78 is 5.05. The van der Waals surface area contributed by atoms with E-state index in [1.54, 1.807) is 30.5 Å². The predicted molar refractivity (Wildman–Crippen MR) is 71.6 cm³/mol. The highest BCUT2D eigenvalue weighted by molar-refractivity contribution is 6.35. The number of aromatic nitrogens is 1. The van der Waals surface area contributed by atoms with E-state index in [-0.39, 0.29) is 5.88 Å². The van der Waals surface area contributed by atoms with Gasteiger partial charge in [0.2, 0.25) is 5.88 Å². The molecule has 0 fully saturated rings. The molecule has 2 aromatic rings. The van der Waals surface area contributed by atoms with Gasteiger partial charge in [-0.05, 0) is 24.3 Å². The van der Waals surface area contributed by atoms with Crippen molar-refractivity contribution in [3.63, 3.8) is 0 Å². The van der Waals surface area contributed by atoms with E-state index in [1.165, 1.54) is 7.11 Å². The molecule has 0 radical (unpaired) electrons. The van der Waals surface area contributed by atoms with Crippen LogP contribution in [0.25, 0.3) is 11.1 Å². The van der Waals surface area contributed by atoms with Gasteiger partial charge in [-0.1, -0.05) is 23.2 Å². The molecule has 1 aromatic carbocycles. The van der Waals surface area contributed by atoms with Crippen molar-refractivity contribution < 1.29 is 9.53 Å². The first kappa shape index (κ1) is 12.9. The summed E-state index contributed by atoms with van der Waals surface area (Å²) in [6, 6.07) is 6.77. The molecule has 5 heteroatoms. The fraction of sp³-hybridized carbons (Fsp3) is 0.0769. The van der Waals surface area contributed by atoms with Crippen molar-refractivity contribution in [3.8, 4) is 17.0 Å². The SMILES string of the molecule is COc1nccc(-c2cc(Cl)ccc2Cl)c1C=O. The molecule has 3 nitrogen and oxygen atoms in total. The number of aldehydes is 1. The van der Waals surface area contributed by atoms with Crippen LogP contribution in [0, 0.1) is 0 Å². The van der Waals surface area contributed by atoms with Gasteiger partial charge in [0.1, 0.15) is 0 Å². The molecule has 1 heterocycles. The Labute approximate surface area is 114 Å². The van der Waals surface area contributed by atoms with Crippen molar-refractivity contribution in [2.24, 2.45) is 0 Å². The van der Waals surface area contributed by atoms with E-state index in [9.17, 15) is 4.79 Å². The quantitative estimate of drug-likeness (QED) is 0.802. The van der Waals surface area contributed by atoms with Crippen LogP contribution in [-0.4, -0.2) is 18.4 Å². The fourth-order valence-corrected chi connectivity index (χ4v) is 2.06. The molecule has 0 N–H and O–H groups in total. The molecule has 92 valence electrons. The molecule has 0 saturated heterocycles. The van der Waals surface area contributed by atoms with Gasteiger partial charge >= 0.3 is 0 Å². The first-order chi connectivity index (χ1) is 8.67. The Morgan fingerprint density at radius 1 is 1.22 bits per heavy atom. The van der Waals surface area contributed by atoms with Crippen LogP contribution >= 0.6 is 23.2 Å². The van der Waals surface area contributed by atoms with Crippen LogP contribution in [0.15, 0.2) is 30.5 Å². The van der Waals surface area contributed by atoms with Crippen LogP contribution in [0.5, 0.6) is 5.88 Å². The number of halogens is 2. The molecule has 0 bridgehead atoms. The van der Waals surface area contributed by atoms with E-state index < -0.39 is 0 Å². The zero-order valence-electron chi connectivity index (χ0n) is 9.48. The van der Waals surface area contributed by atoms with E-state index in [2.05, 4.69) is 4.98 Å². The third kappa shape index (κ3) is 2.33. The van der Waals surface area contributed by atoms with Crippen LogP contribution in [0.4, 0.5) is 0 Å².